The smallest absolute Gasteiger partial charge is 0.343 e. The molecule has 25 heavy (non-hydrogen) atoms. The van der Waals surface area contributed by atoms with Crippen LogP contribution in [-0.4, -0.2) is 22.1 Å². The Morgan fingerprint density at radius 2 is 1.92 bits per heavy atom. The van der Waals surface area contributed by atoms with Gasteiger partial charge in [-0.05, 0) is 32.4 Å². The van der Waals surface area contributed by atoms with Crippen LogP contribution in [0.25, 0.3) is 22.2 Å². The van der Waals surface area contributed by atoms with Gasteiger partial charge in [0.2, 0.25) is 5.43 Å². The molecule has 0 aliphatic heterocycles. The molecule has 0 spiro atoms. The van der Waals surface area contributed by atoms with E-state index in [0.29, 0.717) is 17.6 Å². The van der Waals surface area contributed by atoms with Crippen molar-refractivity contribution >= 4 is 17.0 Å². The van der Waals surface area contributed by atoms with E-state index in [1.54, 1.807) is 6.92 Å². The summed E-state index contributed by atoms with van der Waals surface area (Å²) in [6.45, 7) is 6.41. The van der Waals surface area contributed by atoms with Crippen molar-refractivity contribution in [2.24, 2.45) is 0 Å². The maximum absolute atomic E-state index is 12.9. The predicted octanol–water partition coefficient (Wildman–Crippen LogP) is 3.57. The van der Waals surface area contributed by atoms with Gasteiger partial charge in [0.1, 0.15) is 11.2 Å². The Kier molecular flexibility index (Phi) is 4.65. The highest BCUT2D eigenvalue weighted by atomic mass is 16.5. The highest BCUT2D eigenvalue weighted by Crippen LogP contribution is 2.25. The monoisotopic (exact) mass is 336 g/mol. The van der Waals surface area contributed by atoms with Crippen LogP contribution < -0.4 is 5.43 Å². The van der Waals surface area contributed by atoms with E-state index < -0.39 is 5.97 Å². The van der Waals surface area contributed by atoms with Crippen LogP contribution in [-0.2, 0) is 11.3 Å². The summed E-state index contributed by atoms with van der Waals surface area (Å²) in [7, 11) is 0. The third-order valence-corrected chi connectivity index (χ3v) is 4.16. The second-order valence-electron chi connectivity index (χ2n) is 5.74. The SMILES string of the molecule is CCOC(=O)c1cn(CC)c2nc(C)c(-c3ccccc3)cc2c1=O. The average molecular weight is 336 g/mol. The number of hydrogen-bond acceptors (Lipinski definition) is 4. The van der Waals surface area contributed by atoms with E-state index in [0.717, 1.165) is 16.8 Å². The predicted molar refractivity (Wildman–Crippen MR) is 97.8 cm³/mol. The summed E-state index contributed by atoms with van der Waals surface area (Å²) in [6, 6.07) is 11.6. The molecule has 3 aromatic rings. The first-order valence-corrected chi connectivity index (χ1v) is 8.34. The number of esters is 1. The van der Waals surface area contributed by atoms with E-state index >= 15 is 0 Å². The Labute approximate surface area is 145 Å². The van der Waals surface area contributed by atoms with E-state index in [4.69, 9.17) is 4.74 Å². The minimum Gasteiger partial charge on any atom is -0.462 e. The van der Waals surface area contributed by atoms with Crippen molar-refractivity contribution < 1.29 is 9.53 Å². The number of ether oxygens (including phenoxy) is 1. The molecule has 2 heterocycles. The molecule has 0 fully saturated rings. The zero-order valence-electron chi connectivity index (χ0n) is 14.6. The number of hydrogen-bond donors (Lipinski definition) is 0. The molecule has 0 aliphatic carbocycles. The van der Waals surface area contributed by atoms with Crippen molar-refractivity contribution in [3.63, 3.8) is 0 Å². The van der Waals surface area contributed by atoms with E-state index in [-0.39, 0.29) is 17.6 Å². The Bertz CT molecular complexity index is 991. The van der Waals surface area contributed by atoms with Crippen LogP contribution in [0.2, 0.25) is 0 Å². The summed E-state index contributed by atoms with van der Waals surface area (Å²) < 4.78 is 6.83. The third-order valence-electron chi connectivity index (χ3n) is 4.16. The van der Waals surface area contributed by atoms with Crippen molar-refractivity contribution in [2.75, 3.05) is 6.61 Å². The summed E-state index contributed by atoms with van der Waals surface area (Å²) in [6.07, 6.45) is 1.54. The lowest BCUT2D eigenvalue weighted by atomic mass is 10.0. The lowest BCUT2D eigenvalue weighted by Crippen LogP contribution is -2.21. The fourth-order valence-electron chi connectivity index (χ4n) is 2.90. The Hall–Kier alpha value is -2.95. The number of fused-ring (bicyclic) bond motifs is 1. The lowest BCUT2D eigenvalue weighted by Gasteiger charge is -2.13. The van der Waals surface area contributed by atoms with Gasteiger partial charge in [0, 0.05) is 24.0 Å². The van der Waals surface area contributed by atoms with Crippen LogP contribution in [0.5, 0.6) is 0 Å². The van der Waals surface area contributed by atoms with Crippen LogP contribution in [0.4, 0.5) is 0 Å². The van der Waals surface area contributed by atoms with Gasteiger partial charge in [0.05, 0.1) is 12.0 Å². The van der Waals surface area contributed by atoms with E-state index in [2.05, 4.69) is 4.98 Å². The molecule has 128 valence electrons. The number of aryl methyl sites for hydroxylation is 2. The molecule has 0 N–H and O–H groups in total. The lowest BCUT2D eigenvalue weighted by molar-refractivity contribution is 0.0524. The summed E-state index contributed by atoms with van der Waals surface area (Å²) >= 11 is 0. The second-order valence-corrected chi connectivity index (χ2v) is 5.74. The molecule has 0 aliphatic rings. The Balaban J connectivity index is 2.32. The fraction of sp³-hybridized carbons (Fsp3) is 0.250. The van der Waals surface area contributed by atoms with Crippen LogP contribution >= 0.6 is 0 Å². The molecule has 5 heteroatoms. The standard InChI is InChI=1S/C20H20N2O3/c1-4-22-12-17(20(24)25-5-2)18(23)16-11-15(13(3)21-19(16)22)14-9-7-6-8-10-14/h6-12H,4-5H2,1-3H3. The summed E-state index contributed by atoms with van der Waals surface area (Å²) in [4.78, 5) is 29.6. The largest absolute Gasteiger partial charge is 0.462 e. The minimum absolute atomic E-state index is 0.0425. The molecule has 1 aromatic carbocycles. The van der Waals surface area contributed by atoms with E-state index in [9.17, 15) is 9.59 Å². The van der Waals surface area contributed by atoms with E-state index in [1.807, 2.05) is 54.8 Å². The minimum atomic E-state index is -0.599. The summed E-state index contributed by atoms with van der Waals surface area (Å²) in [5.74, 6) is -0.599. The zero-order chi connectivity index (χ0) is 18.0. The van der Waals surface area contributed by atoms with Gasteiger partial charge in [-0.2, -0.15) is 0 Å². The van der Waals surface area contributed by atoms with Gasteiger partial charge >= 0.3 is 5.97 Å². The van der Waals surface area contributed by atoms with E-state index in [1.165, 1.54) is 6.20 Å². The molecule has 0 amide bonds. The summed E-state index contributed by atoms with van der Waals surface area (Å²) in [5.41, 5.74) is 2.98. The van der Waals surface area contributed by atoms with Gasteiger partial charge in [-0.1, -0.05) is 30.3 Å². The highest BCUT2D eigenvalue weighted by Gasteiger charge is 2.18. The Morgan fingerprint density at radius 3 is 2.56 bits per heavy atom. The molecule has 0 unspecified atom stereocenters. The average Bonchev–Trinajstić information content (AvgIpc) is 2.62. The number of aromatic nitrogens is 2. The molecule has 3 rings (SSSR count). The van der Waals surface area contributed by atoms with Gasteiger partial charge in [-0.15, -0.1) is 0 Å². The number of carbonyl (C=O) groups excluding carboxylic acids is 1. The molecule has 0 saturated heterocycles. The van der Waals surface area contributed by atoms with Crippen molar-refractivity contribution in [2.45, 2.75) is 27.3 Å². The molecular formula is C20H20N2O3. The highest BCUT2D eigenvalue weighted by molar-refractivity contribution is 5.94. The molecule has 0 atom stereocenters. The maximum atomic E-state index is 12.9. The maximum Gasteiger partial charge on any atom is 0.343 e. The number of benzene rings is 1. The van der Waals surface area contributed by atoms with Crippen molar-refractivity contribution in [3.05, 3.63) is 64.1 Å². The number of nitrogens with zero attached hydrogens (tertiary/aromatic N) is 2. The van der Waals surface area contributed by atoms with Crippen molar-refractivity contribution in [1.82, 2.24) is 9.55 Å². The number of rotatable bonds is 4. The Morgan fingerprint density at radius 1 is 1.20 bits per heavy atom. The first-order valence-electron chi connectivity index (χ1n) is 8.34. The van der Waals surface area contributed by atoms with Crippen LogP contribution in [0.15, 0.2) is 47.4 Å². The van der Waals surface area contributed by atoms with Crippen LogP contribution in [0, 0.1) is 6.92 Å². The topological polar surface area (TPSA) is 61.2 Å². The normalized spacial score (nSPS) is 10.8. The number of pyridine rings is 2. The molecule has 0 saturated carbocycles. The van der Waals surface area contributed by atoms with Gasteiger partial charge in [0.25, 0.3) is 0 Å². The first kappa shape index (κ1) is 16.9. The van der Waals surface area contributed by atoms with Gasteiger partial charge < -0.3 is 9.30 Å². The number of carbonyl (C=O) groups is 1. The molecule has 0 radical (unpaired) electrons. The summed E-state index contributed by atoms with van der Waals surface area (Å²) in [5, 5.41) is 0.428. The van der Waals surface area contributed by atoms with Gasteiger partial charge in [-0.25, -0.2) is 9.78 Å². The molecular weight excluding hydrogens is 316 g/mol. The van der Waals surface area contributed by atoms with Crippen LogP contribution in [0.3, 0.4) is 0 Å². The molecule has 5 nitrogen and oxygen atoms in total. The fourth-order valence-corrected chi connectivity index (χ4v) is 2.90. The first-order chi connectivity index (χ1) is 12.1. The third kappa shape index (κ3) is 3.05. The quantitative estimate of drug-likeness (QED) is 0.683. The molecule has 0 bridgehead atoms. The molecule has 2 aromatic heterocycles. The van der Waals surface area contributed by atoms with Gasteiger partial charge in [0.15, 0.2) is 0 Å². The zero-order valence-corrected chi connectivity index (χ0v) is 14.6. The second kappa shape index (κ2) is 6.89. The van der Waals surface area contributed by atoms with Crippen LogP contribution in [0.1, 0.15) is 29.9 Å². The van der Waals surface area contributed by atoms with Crippen molar-refractivity contribution in [3.8, 4) is 11.1 Å². The van der Waals surface area contributed by atoms with Crippen molar-refractivity contribution in [1.29, 1.82) is 0 Å². The van der Waals surface area contributed by atoms with Gasteiger partial charge in [-0.3, -0.25) is 4.79 Å².